The fraction of sp³-hybridized carbons (Fsp3) is 0.333. The second-order valence-electron chi connectivity index (χ2n) is 10.9. The lowest BCUT2D eigenvalue weighted by Crippen LogP contribution is -2.39. The summed E-state index contributed by atoms with van der Waals surface area (Å²) in [6, 6.07) is 13.4. The molecule has 1 aliphatic carbocycles. The maximum atomic E-state index is 13.8. The highest BCUT2D eigenvalue weighted by molar-refractivity contribution is 7.22. The van der Waals surface area contributed by atoms with E-state index in [1.807, 2.05) is 50.2 Å². The fourth-order valence-corrected chi connectivity index (χ4v) is 6.51. The number of ether oxygens (including phenoxy) is 3. The number of hydrogen-bond acceptors (Lipinski definition) is 9. The van der Waals surface area contributed by atoms with Crippen molar-refractivity contribution in [1.29, 1.82) is 0 Å². The predicted octanol–water partition coefficient (Wildman–Crippen LogP) is 5.55. The van der Waals surface area contributed by atoms with Crippen molar-refractivity contribution in [3.63, 3.8) is 0 Å². The van der Waals surface area contributed by atoms with Crippen LogP contribution >= 0.6 is 11.3 Å². The van der Waals surface area contributed by atoms with Crippen LogP contribution < -0.4 is 35.6 Å². The number of rotatable bonds is 9. The van der Waals surface area contributed by atoms with Crippen molar-refractivity contribution < 1.29 is 23.8 Å². The van der Waals surface area contributed by atoms with Crippen LogP contribution in [0.5, 0.6) is 17.2 Å². The molecule has 0 aliphatic heterocycles. The first kappa shape index (κ1) is 30.8. The van der Waals surface area contributed by atoms with Gasteiger partial charge >= 0.3 is 0 Å². The minimum absolute atomic E-state index is 0.156. The summed E-state index contributed by atoms with van der Waals surface area (Å²) in [5.74, 6) is 0.751. The van der Waals surface area contributed by atoms with Gasteiger partial charge in [-0.1, -0.05) is 43.4 Å². The van der Waals surface area contributed by atoms with Crippen LogP contribution in [-0.2, 0) is 16.0 Å². The summed E-state index contributed by atoms with van der Waals surface area (Å²) >= 11 is 1.39. The third-order valence-corrected chi connectivity index (χ3v) is 8.65. The first-order chi connectivity index (χ1) is 21.1. The molecule has 1 aromatic heterocycles. The number of carbonyl (C=O) groups is 2. The van der Waals surface area contributed by atoms with Crippen molar-refractivity contribution >= 4 is 44.2 Å². The largest absolute Gasteiger partial charge is 0.493 e. The number of hydrogen-bond donors (Lipinski definition) is 3. The van der Waals surface area contributed by atoms with E-state index < -0.39 is 12.1 Å². The normalized spacial score (nSPS) is 14.6. The lowest BCUT2D eigenvalue weighted by molar-refractivity contribution is -0.120. The van der Waals surface area contributed by atoms with Crippen LogP contribution in [0.2, 0.25) is 0 Å². The van der Waals surface area contributed by atoms with E-state index in [1.54, 1.807) is 27.4 Å². The van der Waals surface area contributed by atoms with Gasteiger partial charge in [0.15, 0.2) is 16.6 Å². The van der Waals surface area contributed by atoms with Gasteiger partial charge in [0.2, 0.25) is 23.0 Å². The van der Waals surface area contributed by atoms with Gasteiger partial charge in [-0.05, 0) is 65.8 Å². The number of benzene rings is 2. The molecule has 0 radical (unpaired) electrons. The molecule has 0 bridgehead atoms. The minimum Gasteiger partial charge on any atom is -0.493 e. The molecule has 0 unspecified atom stereocenters. The molecule has 10 nitrogen and oxygen atoms in total. The highest BCUT2D eigenvalue weighted by Crippen LogP contribution is 2.50. The highest BCUT2D eigenvalue weighted by Gasteiger charge is 2.30. The van der Waals surface area contributed by atoms with Gasteiger partial charge in [-0.25, -0.2) is 4.98 Å². The maximum absolute atomic E-state index is 13.8. The maximum Gasteiger partial charge on any atom is 0.248 e. The quantitative estimate of drug-likeness (QED) is 0.224. The van der Waals surface area contributed by atoms with Crippen molar-refractivity contribution in [3.8, 4) is 28.4 Å². The molecule has 1 heterocycles. The van der Waals surface area contributed by atoms with Crippen LogP contribution in [0.3, 0.4) is 0 Å². The second kappa shape index (κ2) is 12.9. The second-order valence-corrected chi connectivity index (χ2v) is 12.0. The summed E-state index contributed by atoms with van der Waals surface area (Å²) in [4.78, 5) is 44.0. The zero-order valence-corrected chi connectivity index (χ0v) is 26.4. The van der Waals surface area contributed by atoms with Gasteiger partial charge in [0.25, 0.3) is 0 Å². The average Bonchev–Trinajstić information content (AvgIpc) is 3.26. The zero-order valence-electron chi connectivity index (χ0n) is 25.6. The van der Waals surface area contributed by atoms with E-state index in [4.69, 9.17) is 14.2 Å². The average molecular weight is 617 g/mol. The van der Waals surface area contributed by atoms with Crippen LogP contribution in [0, 0.1) is 5.92 Å². The van der Waals surface area contributed by atoms with Gasteiger partial charge in [0.05, 0.1) is 43.3 Å². The molecule has 230 valence electrons. The summed E-state index contributed by atoms with van der Waals surface area (Å²) in [7, 11) is 4.66. The first-order valence-corrected chi connectivity index (χ1v) is 15.2. The van der Waals surface area contributed by atoms with Gasteiger partial charge < -0.3 is 30.2 Å². The number of nitrogens with zero attached hydrogens (tertiary/aromatic N) is 1. The molecule has 3 N–H and O–H groups in total. The molecule has 3 aromatic carbocycles. The molecule has 4 aromatic rings. The number of anilines is 2. The molecular formula is C33H36N4O6S. The fourth-order valence-electron chi connectivity index (χ4n) is 5.64. The summed E-state index contributed by atoms with van der Waals surface area (Å²) in [5, 5.41) is 9.62. The number of methoxy groups -OCH3 is 3. The van der Waals surface area contributed by atoms with Crippen LogP contribution in [0.15, 0.2) is 53.3 Å². The molecule has 0 spiro atoms. The Balaban J connectivity index is 1.59. The predicted molar refractivity (Wildman–Crippen MR) is 173 cm³/mol. The van der Waals surface area contributed by atoms with Crippen molar-refractivity contribution in [2.75, 3.05) is 32.0 Å². The molecular weight excluding hydrogens is 580 g/mol. The Labute approximate surface area is 259 Å². The van der Waals surface area contributed by atoms with Crippen molar-refractivity contribution in [1.82, 2.24) is 10.3 Å². The van der Waals surface area contributed by atoms with E-state index in [2.05, 4.69) is 20.9 Å². The van der Waals surface area contributed by atoms with Crippen molar-refractivity contribution in [2.45, 2.75) is 45.7 Å². The van der Waals surface area contributed by atoms with E-state index in [-0.39, 0.29) is 28.8 Å². The highest BCUT2D eigenvalue weighted by atomic mass is 32.1. The van der Waals surface area contributed by atoms with Crippen molar-refractivity contribution in [3.05, 3.63) is 69.9 Å². The lowest BCUT2D eigenvalue weighted by Gasteiger charge is -2.21. The molecule has 0 saturated carbocycles. The van der Waals surface area contributed by atoms with Gasteiger partial charge in [0, 0.05) is 12.5 Å². The topological polar surface area (TPSA) is 128 Å². The number of fused-ring (bicyclic) bond motifs is 4. The Morgan fingerprint density at radius 1 is 1.00 bits per heavy atom. The molecule has 5 rings (SSSR count). The van der Waals surface area contributed by atoms with E-state index in [0.29, 0.717) is 46.3 Å². The third kappa shape index (κ3) is 6.05. The van der Waals surface area contributed by atoms with E-state index in [9.17, 15) is 14.4 Å². The molecule has 2 atom stereocenters. The Kier molecular flexibility index (Phi) is 9.05. The summed E-state index contributed by atoms with van der Waals surface area (Å²) in [6.07, 6.45) is 1.14. The molecule has 0 fully saturated rings. The number of para-hydroxylation sites is 1. The Hall–Kier alpha value is -4.64. The smallest absolute Gasteiger partial charge is 0.248 e. The number of amides is 2. The van der Waals surface area contributed by atoms with Crippen LogP contribution in [0.4, 0.5) is 10.8 Å². The summed E-state index contributed by atoms with van der Waals surface area (Å²) < 4.78 is 18.1. The van der Waals surface area contributed by atoms with E-state index in [1.165, 1.54) is 24.3 Å². The third-order valence-electron chi connectivity index (χ3n) is 7.70. The number of carbonyl (C=O) groups excluding carboxylic acids is 2. The zero-order chi connectivity index (χ0) is 31.5. The van der Waals surface area contributed by atoms with Crippen LogP contribution in [0.1, 0.15) is 44.4 Å². The molecule has 11 heteroatoms. The number of thiazole rings is 1. The van der Waals surface area contributed by atoms with Gasteiger partial charge in [-0.3, -0.25) is 14.4 Å². The SMILES string of the molecule is COc1cc2c(c(OC)c1OC)-c1ccc(N[C@H](C(=O)Nc3nc4ccccc4s3)C(C)C)c(=O)cc1[C@@H](NC(C)=O)CC2. The summed E-state index contributed by atoms with van der Waals surface area (Å²) in [5.41, 5.74) is 3.77. The van der Waals surface area contributed by atoms with Crippen LogP contribution in [-0.4, -0.2) is 44.2 Å². The van der Waals surface area contributed by atoms with Gasteiger partial charge in [-0.15, -0.1) is 0 Å². The first-order valence-electron chi connectivity index (χ1n) is 14.4. The molecule has 2 amide bonds. The van der Waals surface area contributed by atoms with Gasteiger partial charge in [0.1, 0.15) is 6.04 Å². The number of nitrogens with one attached hydrogen (secondary N) is 3. The lowest BCUT2D eigenvalue weighted by atomic mass is 9.95. The van der Waals surface area contributed by atoms with E-state index in [0.717, 1.165) is 21.3 Å². The number of aromatic nitrogens is 1. The standard InChI is InChI=1S/C33H36N4O6S/c1-17(2)29(32(40)37-33-36-24-9-7-8-10-27(24)44-33)35-23-14-12-20-21(16-25(23)39)22(34-18(3)38)13-11-19-15-26(41-4)30(42-5)31(43-6)28(19)20/h7-10,12,14-17,22,29H,11,13H2,1-6H3,(H,34,38)(H,35,39)(H,36,37,40)/t22-,29-/m0/s1. The van der Waals surface area contributed by atoms with Crippen molar-refractivity contribution in [2.24, 2.45) is 5.92 Å². The number of aryl methyl sites for hydroxylation is 1. The summed E-state index contributed by atoms with van der Waals surface area (Å²) in [6.45, 7) is 5.27. The van der Waals surface area contributed by atoms with Crippen LogP contribution in [0.25, 0.3) is 21.3 Å². The molecule has 1 aliphatic rings. The Morgan fingerprint density at radius 3 is 2.41 bits per heavy atom. The monoisotopic (exact) mass is 616 g/mol. The molecule has 0 saturated heterocycles. The Morgan fingerprint density at radius 2 is 1.75 bits per heavy atom. The molecule has 44 heavy (non-hydrogen) atoms. The Bertz CT molecular complexity index is 1750. The van der Waals surface area contributed by atoms with Gasteiger partial charge in [-0.2, -0.15) is 0 Å². The van der Waals surface area contributed by atoms with E-state index >= 15 is 0 Å². The minimum atomic E-state index is -0.728.